The molecule has 4 nitrogen and oxygen atoms in total. The molecule has 0 unspecified atom stereocenters. The first-order valence-corrected chi connectivity index (χ1v) is 5.56. The van der Waals surface area contributed by atoms with Crippen molar-refractivity contribution in [1.29, 1.82) is 0 Å². The van der Waals surface area contributed by atoms with Crippen LogP contribution in [0.15, 0.2) is 18.2 Å². The Bertz CT molecular complexity index is 440. The van der Waals surface area contributed by atoms with Crippen LogP contribution in [0.25, 0.3) is 0 Å². The summed E-state index contributed by atoms with van der Waals surface area (Å²) < 4.78 is 0. The summed E-state index contributed by atoms with van der Waals surface area (Å²) in [5.74, 6) is -1.35. The van der Waals surface area contributed by atoms with Crippen LogP contribution in [-0.4, -0.2) is 23.0 Å². The zero-order valence-electron chi connectivity index (χ0n) is 10.3. The van der Waals surface area contributed by atoms with E-state index in [-0.39, 0.29) is 5.91 Å². The molecule has 0 aliphatic carbocycles. The maximum atomic E-state index is 11.9. The molecule has 0 saturated carbocycles. The second kappa shape index (κ2) is 5.48. The van der Waals surface area contributed by atoms with Gasteiger partial charge in [0.1, 0.15) is 6.04 Å². The van der Waals surface area contributed by atoms with Crippen molar-refractivity contribution in [2.24, 2.45) is 0 Å². The lowest BCUT2D eigenvalue weighted by molar-refractivity contribution is -0.139. The number of benzene rings is 1. The van der Waals surface area contributed by atoms with E-state index >= 15 is 0 Å². The zero-order chi connectivity index (χ0) is 13.0. The second-order valence-corrected chi connectivity index (χ2v) is 4.09. The van der Waals surface area contributed by atoms with Crippen LogP contribution in [-0.2, 0) is 4.79 Å². The molecule has 0 aliphatic rings. The van der Waals surface area contributed by atoms with Crippen LogP contribution in [0.3, 0.4) is 0 Å². The van der Waals surface area contributed by atoms with Crippen LogP contribution in [0.1, 0.15) is 34.8 Å². The Morgan fingerprint density at radius 3 is 2.47 bits per heavy atom. The first kappa shape index (κ1) is 13.2. The molecule has 92 valence electrons. The number of amides is 1. The number of aliphatic carboxylic acids is 1. The van der Waals surface area contributed by atoms with Gasteiger partial charge in [-0.15, -0.1) is 0 Å². The maximum absolute atomic E-state index is 11.9. The molecular weight excluding hydrogens is 218 g/mol. The van der Waals surface area contributed by atoms with Crippen molar-refractivity contribution in [3.63, 3.8) is 0 Å². The van der Waals surface area contributed by atoms with Crippen molar-refractivity contribution >= 4 is 11.9 Å². The summed E-state index contributed by atoms with van der Waals surface area (Å²) in [6.07, 6.45) is 0.367. The van der Waals surface area contributed by atoms with Gasteiger partial charge in [0.15, 0.2) is 0 Å². The molecule has 0 aliphatic heterocycles. The Hall–Kier alpha value is -1.84. The minimum Gasteiger partial charge on any atom is -0.480 e. The Labute approximate surface area is 101 Å². The molecule has 1 amide bonds. The summed E-state index contributed by atoms with van der Waals surface area (Å²) in [6.45, 7) is 5.51. The first-order valence-electron chi connectivity index (χ1n) is 5.56. The molecule has 1 rings (SSSR count). The first-order chi connectivity index (χ1) is 7.95. The molecular formula is C13H17NO3. The van der Waals surface area contributed by atoms with Crippen molar-refractivity contribution in [1.82, 2.24) is 5.32 Å². The van der Waals surface area contributed by atoms with E-state index in [1.54, 1.807) is 13.0 Å². The molecule has 0 spiro atoms. The average Bonchev–Trinajstić information content (AvgIpc) is 2.24. The topological polar surface area (TPSA) is 66.4 Å². The number of carboxylic acids is 1. The van der Waals surface area contributed by atoms with Crippen molar-refractivity contribution in [2.75, 3.05) is 0 Å². The van der Waals surface area contributed by atoms with Crippen LogP contribution in [0.2, 0.25) is 0 Å². The van der Waals surface area contributed by atoms with Gasteiger partial charge in [-0.1, -0.05) is 24.6 Å². The van der Waals surface area contributed by atoms with Crippen LogP contribution < -0.4 is 5.32 Å². The van der Waals surface area contributed by atoms with Gasteiger partial charge in [-0.25, -0.2) is 4.79 Å². The van der Waals surface area contributed by atoms with Crippen LogP contribution in [0.4, 0.5) is 0 Å². The predicted octanol–water partition coefficient (Wildman–Crippen LogP) is 1.90. The highest BCUT2D eigenvalue weighted by Gasteiger charge is 2.19. The van der Waals surface area contributed by atoms with Crippen molar-refractivity contribution in [3.8, 4) is 0 Å². The minimum absolute atomic E-state index is 0.336. The van der Waals surface area contributed by atoms with Crippen LogP contribution in [0, 0.1) is 13.8 Å². The maximum Gasteiger partial charge on any atom is 0.326 e. The molecule has 17 heavy (non-hydrogen) atoms. The van der Waals surface area contributed by atoms with E-state index in [1.165, 1.54) is 0 Å². The standard InChI is InChI=1S/C13H17NO3/c1-4-11(13(16)17)14-12(15)10-6-5-8(2)7-9(10)3/h5-7,11H,4H2,1-3H3,(H,14,15)(H,16,17)/t11-/m1/s1. The van der Waals surface area contributed by atoms with E-state index in [1.807, 2.05) is 26.0 Å². The minimum atomic E-state index is -1.01. The van der Waals surface area contributed by atoms with Gasteiger partial charge in [-0.05, 0) is 31.9 Å². The highest BCUT2D eigenvalue weighted by atomic mass is 16.4. The molecule has 1 aromatic carbocycles. The van der Waals surface area contributed by atoms with E-state index in [2.05, 4.69) is 5.32 Å². The van der Waals surface area contributed by atoms with Crippen molar-refractivity contribution < 1.29 is 14.7 Å². The third-order valence-electron chi connectivity index (χ3n) is 2.64. The number of nitrogens with one attached hydrogen (secondary N) is 1. The third kappa shape index (κ3) is 3.31. The van der Waals surface area contributed by atoms with Gasteiger partial charge < -0.3 is 10.4 Å². The number of carboxylic acid groups (broad SMARTS) is 1. The lowest BCUT2D eigenvalue weighted by atomic mass is 10.0. The Morgan fingerprint density at radius 2 is 2.00 bits per heavy atom. The van der Waals surface area contributed by atoms with Crippen molar-refractivity contribution in [2.45, 2.75) is 33.2 Å². The summed E-state index contributed by atoms with van der Waals surface area (Å²) in [4.78, 5) is 22.7. The Morgan fingerprint density at radius 1 is 1.35 bits per heavy atom. The SMILES string of the molecule is CC[C@@H](NC(=O)c1ccc(C)cc1C)C(=O)O. The summed E-state index contributed by atoms with van der Waals surface area (Å²) in [6, 6.07) is 4.62. The fourth-order valence-corrected chi connectivity index (χ4v) is 1.64. The molecule has 0 heterocycles. The molecule has 0 aromatic heterocycles. The predicted molar refractivity (Wildman–Crippen MR) is 65.1 cm³/mol. The Kier molecular flexibility index (Phi) is 4.26. The summed E-state index contributed by atoms with van der Waals surface area (Å²) in [7, 11) is 0. The van der Waals surface area contributed by atoms with Gasteiger partial charge in [0.05, 0.1) is 0 Å². The number of hydrogen-bond acceptors (Lipinski definition) is 2. The highest BCUT2D eigenvalue weighted by Crippen LogP contribution is 2.10. The smallest absolute Gasteiger partial charge is 0.326 e. The molecule has 1 aromatic rings. The second-order valence-electron chi connectivity index (χ2n) is 4.09. The number of rotatable bonds is 4. The van der Waals surface area contributed by atoms with E-state index < -0.39 is 12.0 Å². The lowest BCUT2D eigenvalue weighted by Crippen LogP contribution is -2.40. The van der Waals surface area contributed by atoms with E-state index in [0.717, 1.165) is 11.1 Å². The molecule has 1 atom stereocenters. The van der Waals surface area contributed by atoms with Gasteiger partial charge >= 0.3 is 5.97 Å². The van der Waals surface area contributed by atoms with Crippen LogP contribution >= 0.6 is 0 Å². The van der Waals surface area contributed by atoms with E-state index in [4.69, 9.17) is 5.11 Å². The fourth-order valence-electron chi connectivity index (χ4n) is 1.64. The number of aryl methyl sites for hydroxylation is 2. The third-order valence-corrected chi connectivity index (χ3v) is 2.64. The quantitative estimate of drug-likeness (QED) is 0.837. The largest absolute Gasteiger partial charge is 0.480 e. The molecule has 0 fully saturated rings. The number of carbonyl (C=O) groups excluding carboxylic acids is 1. The highest BCUT2D eigenvalue weighted by molar-refractivity contribution is 5.97. The van der Waals surface area contributed by atoms with E-state index in [0.29, 0.717) is 12.0 Å². The molecule has 2 N–H and O–H groups in total. The molecule has 0 saturated heterocycles. The number of hydrogen-bond donors (Lipinski definition) is 2. The average molecular weight is 235 g/mol. The summed E-state index contributed by atoms with van der Waals surface area (Å²) >= 11 is 0. The van der Waals surface area contributed by atoms with Crippen LogP contribution in [0.5, 0.6) is 0 Å². The van der Waals surface area contributed by atoms with Gasteiger partial charge in [-0.2, -0.15) is 0 Å². The van der Waals surface area contributed by atoms with Gasteiger partial charge in [-0.3, -0.25) is 4.79 Å². The Balaban J connectivity index is 2.86. The monoisotopic (exact) mass is 235 g/mol. The molecule has 0 radical (unpaired) electrons. The van der Waals surface area contributed by atoms with E-state index in [9.17, 15) is 9.59 Å². The molecule has 4 heteroatoms. The van der Waals surface area contributed by atoms with Gasteiger partial charge in [0, 0.05) is 5.56 Å². The summed E-state index contributed by atoms with van der Waals surface area (Å²) in [5, 5.41) is 11.4. The molecule has 0 bridgehead atoms. The van der Waals surface area contributed by atoms with Crippen molar-refractivity contribution in [3.05, 3.63) is 34.9 Å². The summed E-state index contributed by atoms with van der Waals surface area (Å²) in [5.41, 5.74) is 2.45. The zero-order valence-corrected chi connectivity index (χ0v) is 10.3. The normalized spacial score (nSPS) is 11.9. The fraction of sp³-hybridized carbons (Fsp3) is 0.385. The number of carbonyl (C=O) groups is 2. The van der Waals surface area contributed by atoms with Gasteiger partial charge in [0.2, 0.25) is 0 Å². The lowest BCUT2D eigenvalue weighted by Gasteiger charge is -2.13. The van der Waals surface area contributed by atoms with Gasteiger partial charge in [0.25, 0.3) is 5.91 Å².